The Balaban J connectivity index is 1.48. The first-order valence-electron chi connectivity index (χ1n) is 7.78. The van der Waals surface area contributed by atoms with Gasteiger partial charge >= 0.3 is 0 Å². The molecule has 0 spiro atoms. The lowest BCUT2D eigenvalue weighted by molar-refractivity contribution is 0.576. The Labute approximate surface area is 121 Å². The fraction of sp³-hybridized carbons (Fsp3) is 0.588. The molecule has 0 amide bonds. The number of hydrogen-bond donors (Lipinski definition) is 2. The first-order valence-corrected chi connectivity index (χ1v) is 7.78. The Bertz CT molecular complexity index is 507. The SMILES string of the molecule is CC(C)CCNC(N)=NCC1C2Cc3ccccc3C12. The Kier molecular flexibility index (Phi) is 3.68. The molecule has 2 aliphatic carbocycles. The van der Waals surface area contributed by atoms with Crippen LogP contribution in [0.25, 0.3) is 0 Å². The van der Waals surface area contributed by atoms with Gasteiger partial charge in [-0.15, -0.1) is 0 Å². The predicted octanol–water partition coefficient (Wildman–Crippen LogP) is 2.52. The maximum atomic E-state index is 5.92. The van der Waals surface area contributed by atoms with E-state index in [1.165, 1.54) is 6.42 Å². The van der Waals surface area contributed by atoms with Crippen molar-refractivity contribution in [3.8, 4) is 0 Å². The van der Waals surface area contributed by atoms with Crippen molar-refractivity contribution in [2.75, 3.05) is 13.1 Å². The summed E-state index contributed by atoms with van der Waals surface area (Å²) in [5.74, 6) is 3.60. The van der Waals surface area contributed by atoms with Crippen LogP contribution in [0, 0.1) is 17.8 Å². The first kappa shape index (κ1) is 13.5. The zero-order valence-corrected chi connectivity index (χ0v) is 12.5. The van der Waals surface area contributed by atoms with E-state index >= 15 is 0 Å². The van der Waals surface area contributed by atoms with Crippen LogP contribution in [0.5, 0.6) is 0 Å². The number of aliphatic imine (C=N–C) groups is 1. The largest absolute Gasteiger partial charge is 0.370 e. The average Bonchev–Trinajstić information content (AvgIpc) is 2.95. The van der Waals surface area contributed by atoms with Crippen LogP contribution in [0.15, 0.2) is 29.3 Å². The van der Waals surface area contributed by atoms with Gasteiger partial charge in [-0.2, -0.15) is 0 Å². The molecule has 0 aromatic heterocycles. The summed E-state index contributed by atoms with van der Waals surface area (Å²) in [5.41, 5.74) is 9.03. The fourth-order valence-electron chi connectivity index (χ4n) is 3.48. The summed E-state index contributed by atoms with van der Waals surface area (Å²) in [6.45, 7) is 6.24. The van der Waals surface area contributed by atoms with Crippen LogP contribution in [0.3, 0.4) is 0 Å². The molecule has 3 heteroatoms. The topological polar surface area (TPSA) is 50.4 Å². The van der Waals surface area contributed by atoms with E-state index in [4.69, 9.17) is 5.73 Å². The van der Waals surface area contributed by atoms with Gasteiger partial charge in [0.1, 0.15) is 0 Å². The lowest BCUT2D eigenvalue weighted by Crippen LogP contribution is -2.33. The van der Waals surface area contributed by atoms with Crippen LogP contribution >= 0.6 is 0 Å². The molecule has 0 aliphatic heterocycles. The zero-order valence-electron chi connectivity index (χ0n) is 12.5. The average molecular weight is 271 g/mol. The van der Waals surface area contributed by atoms with Gasteiger partial charge in [0, 0.05) is 13.1 Å². The Morgan fingerprint density at radius 3 is 3.00 bits per heavy atom. The zero-order chi connectivity index (χ0) is 14.1. The predicted molar refractivity (Wildman–Crippen MR) is 83.8 cm³/mol. The molecule has 0 bridgehead atoms. The third kappa shape index (κ3) is 2.67. The molecule has 3 rings (SSSR count). The number of rotatable bonds is 5. The Morgan fingerprint density at radius 1 is 1.40 bits per heavy atom. The van der Waals surface area contributed by atoms with Crippen molar-refractivity contribution < 1.29 is 0 Å². The maximum Gasteiger partial charge on any atom is 0.188 e. The highest BCUT2D eigenvalue weighted by atomic mass is 15.1. The quantitative estimate of drug-likeness (QED) is 0.638. The van der Waals surface area contributed by atoms with Crippen molar-refractivity contribution in [3.05, 3.63) is 35.4 Å². The number of nitrogens with one attached hydrogen (secondary N) is 1. The summed E-state index contributed by atoms with van der Waals surface area (Å²) in [4.78, 5) is 4.52. The van der Waals surface area contributed by atoms with E-state index in [2.05, 4.69) is 48.4 Å². The summed E-state index contributed by atoms with van der Waals surface area (Å²) < 4.78 is 0. The van der Waals surface area contributed by atoms with E-state index < -0.39 is 0 Å². The number of guanidine groups is 1. The Morgan fingerprint density at radius 2 is 2.20 bits per heavy atom. The summed E-state index contributed by atoms with van der Waals surface area (Å²) in [6.07, 6.45) is 2.37. The molecule has 3 unspecified atom stereocenters. The summed E-state index contributed by atoms with van der Waals surface area (Å²) in [5, 5.41) is 3.21. The minimum absolute atomic E-state index is 0.615. The summed E-state index contributed by atoms with van der Waals surface area (Å²) in [7, 11) is 0. The van der Waals surface area contributed by atoms with Gasteiger partial charge in [0.15, 0.2) is 5.96 Å². The standard InChI is InChI=1S/C17H25N3/c1-11(2)7-8-19-17(18)20-10-15-14-9-12-5-3-4-6-13(12)16(14)15/h3-6,11,14-16H,7-10H2,1-2H3,(H3,18,19,20). The fourth-order valence-corrected chi connectivity index (χ4v) is 3.48. The minimum atomic E-state index is 0.615. The summed E-state index contributed by atoms with van der Waals surface area (Å²) in [6, 6.07) is 8.85. The van der Waals surface area contributed by atoms with Gasteiger partial charge in [0.2, 0.25) is 0 Å². The molecule has 108 valence electrons. The first-order chi connectivity index (χ1) is 9.66. The third-order valence-corrected chi connectivity index (χ3v) is 4.70. The molecule has 3 nitrogen and oxygen atoms in total. The number of hydrogen-bond acceptors (Lipinski definition) is 1. The van der Waals surface area contributed by atoms with Crippen molar-refractivity contribution in [1.29, 1.82) is 0 Å². The number of nitrogens with two attached hydrogens (primary N) is 1. The molecule has 3 atom stereocenters. The normalized spacial score (nSPS) is 27.4. The van der Waals surface area contributed by atoms with E-state index in [9.17, 15) is 0 Å². The van der Waals surface area contributed by atoms with E-state index in [1.54, 1.807) is 11.1 Å². The minimum Gasteiger partial charge on any atom is -0.370 e. The molecule has 1 saturated carbocycles. The van der Waals surface area contributed by atoms with Crippen LogP contribution in [-0.2, 0) is 6.42 Å². The van der Waals surface area contributed by atoms with Crippen molar-refractivity contribution in [3.63, 3.8) is 0 Å². The second kappa shape index (κ2) is 5.47. The lowest BCUT2D eigenvalue weighted by atomic mass is 10.0. The molecule has 0 heterocycles. The summed E-state index contributed by atoms with van der Waals surface area (Å²) >= 11 is 0. The highest BCUT2D eigenvalue weighted by Crippen LogP contribution is 2.61. The van der Waals surface area contributed by atoms with Gasteiger partial charge in [-0.1, -0.05) is 38.1 Å². The highest BCUT2D eigenvalue weighted by molar-refractivity contribution is 5.77. The molecular weight excluding hydrogens is 246 g/mol. The van der Waals surface area contributed by atoms with Crippen LogP contribution in [0.2, 0.25) is 0 Å². The monoisotopic (exact) mass is 271 g/mol. The molecule has 1 aromatic rings. The lowest BCUT2D eigenvalue weighted by Gasteiger charge is -2.08. The van der Waals surface area contributed by atoms with Crippen LogP contribution in [0.4, 0.5) is 0 Å². The number of nitrogens with zero attached hydrogens (tertiary/aromatic N) is 1. The van der Waals surface area contributed by atoms with Gasteiger partial charge in [-0.3, -0.25) is 4.99 Å². The van der Waals surface area contributed by atoms with E-state index in [1.807, 2.05) is 0 Å². The third-order valence-electron chi connectivity index (χ3n) is 4.70. The van der Waals surface area contributed by atoms with Crippen molar-refractivity contribution >= 4 is 5.96 Å². The van der Waals surface area contributed by atoms with E-state index in [-0.39, 0.29) is 0 Å². The molecule has 1 fully saturated rings. The molecule has 0 saturated heterocycles. The van der Waals surface area contributed by atoms with Gasteiger partial charge in [0.05, 0.1) is 0 Å². The number of fused-ring (bicyclic) bond motifs is 3. The van der Waals surface area contributed by atoms with Gasteiger partial charge in [-0.25, -0.2) is 0 Å². The molecule has 0 radical (unpaired) electrons. The van der Waals surface area contributed by atoms with Gasteiger partial charge in [-0.05, 0) is 47.6 Å². The van der Waals surface area contributed by atoms with E-state index in [0.29, 0.717) is 11.9 Å². The van der Waals surface area contributed by atoms with Crippen LogP contribution < -0.4 is 11.1 Å². The van der Waals surface area contributed by atoms with Crippen LogP contribution in [0.1, 0.15) is 37.3 Å². The van der Waals surface area contributed by atoms with Gasteiger partial charge < -0.3 is 11.1 Å². The van der Waals surface area contributed by atoms with Gasteiger partial charge in [0.25, 0.3) is 0 Å². The maximum absolute atomic E-state index is 5.92. The second-order valence-electron chi connectivity index (χ2n) is 6.59. The van der Waals surface area contributed by atoms with Crippen LogP contribution in [-0.4, -0.2) is 19.0 Å². The second-order valence-corrected chi connectivity index (χ2v) is 6.59. The molecule has 3 N–H and O–H groups in total. The van der Waals surface area contributed by atoms with Crippen molar-refractivity contribution in [1.82, 2.24) is 5.32 Å². The van der Waals surface area contributed by atoms with Crippen molar-refractivity contribution in [2.24, 2.45) is 28.5 Å². The molecular formula is C17H25N3. The highest BCUT2D eigenvalue weighted by Gasteiger charge is 2.54. The smallest absolute Gasteiger partial charge is 0.188 e. The van der Waals surface area contributed by atoms with E-state index in [0.717, 1.165) is 37.3 Å². The molecule has 1 aromatic carbocycles. The molecule has 20 heavy (non-hydrogen) atoms. The Hall–Kier alpha value is -1.51. The number of benzene rings is 1. The van der Waals surface area contributed by atoms with Crippen molar-refractivity contribution in [2.45, 2.75) is 32.6 Å². The molecule has 2 aliphatic rings.